The number of hydrogen-bond donors (Lipinski definition) is 0. The minimum absolute atomic E-state index is 0.0487. The van der Waals surface area contributed by atoms with E-state index in [1.54, 1.807) is 6.07 Å². The molecule has 1 amide bonds. The van der Waals surface area contributed by atoms with Gasteiger partial charge in [-0.05, 0) is 59.0 Å². The normalized spacial score (nSPS) is 18.0. The third kappa shape index (κ3) is 3.32. The van der Waals surface area contributed by atoms with Crippen molar-refractivity contribution in [3.05, 3.63) is 137 Å². The van der Waals surface area contributed by atoms with Crippen molar-refractivity contribution >= 4 is 11.6 Å². The number of para-hydroxylation sites is 1. The molecule has 0 fully saturated rings. The van der Waals surface area contributed by atoms with Gasteiger partial charge in [0.15, 0.2) is 0 Å². The van der Waals surface area contributed by atoms with Gasteiger partial charge in [-0.25, -0.2) is 4.39 Å². The summed E-state index contributed by atoms with van der Waals surface area (Å²) in [5.41, 5.74) is 5.48. The lowest BCUT2D eigenvalue weighted by Crippen LogP contribution is -2.44. The number of benzene rings is 4. The third-order valence-electron chi connectivity index (χ3n) is 6.05. The Bertz CT molecular complexity index is 1240. The van der Waals surface area contributed by atoms with E-state index in [4.69, 9.17) is 0 Å². The van der Waals surface area contributed by atoms with Crippen LogP contribution in [-0.2, 0) is 4.79 Å². The van der Waals surface area contributed by atoms with Gasteiger partial charge in [0.2, 0.25) is 5.91 Å². The van der Waals surface area contributed by atoms with Crippen LogP contribution in [0.2, 0.25) is 0 Å². The molecule has 3 heteroatoms. The van der Waals surface area contributed by atoms with E-state index in [1.807, 2.05) is 78.6 Å². The molecule has 0 saturated carbocycles. The molecule has 0 radical (unpaired) electrons. The smallest absolute Gasteiger partial charge is 0.239 e. The molecule has 0 N–H and O–H groups in total. The zero-order chi connectivity index (χ0) is 21.4. The number of aryl methyl sites for hydroxylation is 1. The van der Waals surface area contributed by atoms with Gasteiger partial charge in [-0.2, -0.15) is 0 Å². The molecule has 1 aliphatic rings. The molecule has 2 nitrogen and oxygen atoms in total. The van der Waals surface area contributed by atoms with Crippen LogP contribution >= 0.6 is 0 Å². The molecule has 0 aromatic heterocycles. The Kier molecular flexibility index (Phi) is 4.87. The average Bonchev–Trinajstić information content (AvgIpc) is 2.81. The fraction of sp³-hybridized carbons (Fsp3) is 0.107. The molecule has 2 atom stereocenters. The predicted octanol–water partition coefficient (Wildman–Crippen LogP) is 6.40. The first kappa shape index (κ1) is 19.3. The van der Waals surface area contributed by atoms with E-state index in [0.717, 1.165) is 27.9 Å². The molecule has 0 aliphatic carbocycles. The van der Waals surface area contributed by atoms with Gasteiger partial charge in [0, 0.05) is 5.69 Å². The molecule has 1 heterocycles. The number of fused-ring (bicyclic) bond motifs is 1. The fourth-order valence-corrected chi connectivity index (χ4v) is 4.61. The van der Waals surface area contributed by atoms with Gasteiger partial charge in [-0.15, -0.1) is 0 Å². The topological polar surface area (TPSA) is 20.3 Å². The molecule has 0 saturated heterocycles. The number of amides is 1. The third-order valence-corrected chi connectivity index (χ3v) is 6.05. The van der Waals surface area contributed by atoms with Gasteiger partial charge < -0.3 is 0 Å². The summed E-state index contributed by atoms with van der Waals surface area (Å²) < 4.78 is 14.2. The molecular formula is C28H22FNO. The van der Waals surface area contributed by atoms with Crippen molar-refractivity contribution in [1.29, 1.82) is 0 Å². The molecule has 0 bridgehead atoms. The second-order valence-electron chi connectivity index (χ2n) is 7.92. The van der Waals surface area contributed by atoms with E-state index < -0.39 is 5.92 Å². The van der Waals surface area contributed by atoms with Crippen LogP contribution in [0.15, 0.2) is 103 Å². The molecule has 0 spiro atoms. The number of halogens is 1. The van der Waals surface area contributed by atoms with Crippen molar-refractivity contribution in [3.63, 3.8) is 0 Å². The summed E-state index contributed by atoms with van der Waals surface area (Å²) in [6.07, 6.45) is 0. The van der Waals surface area contributed by atoms with E-state index in [2.05, 4.69) is 18.2 Å². The molecule has 31 heavy (non-hydrogen) atoms. The van der Waals surface area contributed by atoms with Crippen LogP contribution in [0.25, 0.3) is 0 Å². The Morgan fingerprint density at radius 2 is 1.32 bits per heavy atom. The van der Waals surface area contributed by atoms with E-state index in [-0.39, 0.29) is 17.8 Å². The summed E-state index contributed by atoms with van der Waals surface area (Å²) in [6, 6.07) is 32.3. The fourth-order valence-electron chi connectivity index (χ4n) is 4.61. The quantitative estimate of drug-likeness (QED) is 0.385. The van der Waals surface area contributed by atoms with Crippen LogP contribution in [0.5, 0.6) is 0 Å². The van der Waals surface area contributed by atoms with E-state index >= 15 is 0 Å². The molecular weight excluding hydrogens is 385 g/mol. The maximum Gasteiger partial charge on any atom is 0.239 e. The second kappa shape index (κ2) is 7.84. The second-order valence-corrected chi connectivity index (χ2v) is 7.92. The Balaban J connectivity index is 1.79. The van der Waals surface area contributed by atoms with Gasteiger partial charge in [-0.1, -0.05) is 78.9 Å². The van der Waals surface area contributed by atoms with E-state index in [0.29, 0.717) is 5.56 Å². The average molecular weight is 407 g/mol. The minimum Gasteiger partial charge on any atom is -0.300 e. The van der Waals surface area contributed by atoms with Gasteiger partial charge in [0.1, 0.15) is 5.82 Å². The first-order chi connectivity index (χ1) is 15.1. The van der Waals surface area contributed by atoms with Crippen LogP contribution in [-0.4, -0.2) is 5.91 Å². The monoisotopic (exact) mass is 407 g/mol. The molecule has 152 valence electrons. The first-order valence-corrected chi connectivity index (χ1v) is 10.4. The number of rotatable bonds is 3. The lowest BCUT2D eigenvalue weighted by Gasteiger charge is -2.41. The molecule has 4 aromatic carbocycles. The lowest BCUT2D eigenvalue weighted by atomic mass is 9.77. The van der Waals surface area contributed by atoms with Gasteiger partial charge in [0.05, 0.1) is 12.0 Å². The Hall–Kier alpha value is -3.72. The number of anilines is 1. The molecule has 5 rings (SSSR count). The first-order valence-electron chi connectivity index (χ1n) is 10.4. The van der Waals surface area contributed by atoms with Crippen molar-refractivity contribution in [2.75, 3.05) is 4.90 Å². The van der Waals surface area contributed by atoms with Crippen LogP contribution < -0.4 is 4.90 Å². The zero-order valence-electron chi connectivity index (χ0n) is 17.2. The number of hydrogen-bond acceptors (Lipinski definition) is 1. The SMILES string of the molecule is Cc1ccc(F)cc1[C@@H]1C(=O)N(c2ccccc2)[C@@H](c2ccccc2)c2ccccc21. The highest BCUT2D eigenvalue weighted by Gasteiger charge is 2.42. The molecule has 4 aromatic rings. The van der Waals surface area contributed by atoms with E-state index in [1.165, 1.54) is 12.1 Å². The van der Waals surface area contributed by atoms with E-state index in [9.17, 15) is 9.18 Å². The predicted molar refractivity (Wildman–Crippen MR) is 122 cm³/mol. The maximum atomic E-state index is 14.2. The summed E-state index contributed by atoms with van der Waals surface area (Å²) in [7, 11) is 0. The van der Waals surface area contributed by atoms with Crippen LogP contribution in [0, 0.1) is 12.7 Å². The van der Waals surface area contributed by atoms with Gasteiger partial charge >= 0.3 is 0 Å². The van der Waals surface area contributed by atoms with Crippen molar-refractivity contribution in [2.45, 2.75) is 18.9 Å². The standard InChI is InChI=1S/C28H22FNO/c1-19-16-17-21(29)18-25(19)26-23-14-8-9-15-24(23)27(20-10-4-2-5-11-20)30(28(26)31)22-12-6-3-7-13-22/h2-18,26-27H,1H3/t26-,27+/m1/s1. The largest absolute Gasteiger partial charge is 0.300 e. The minimum atomic E-state index is -0.563. The Labute approximate surface area is 181 Å². The molecule has 0 unspecified atom stereocenters. The zero-order valence-corrected chi connectivity index (χ0v) is 17.2. The maximum absolute atomic E-state index is 14.2. The van der Waals surface area contributed by atoms with Crippen molar-refractivity contribution in [1.82, 2.24) is 0 Å². The highest BCUT2D eigenvalue weighted by Crippen LogP contribution is 2.45. The van der Waals surface area contributed by atoms with Gasteiger partial charge in [0.25, 0.3) is 0 Å². The van der Waals surface area contributed by atoms with Crippen LogP contribution in [0.4, 0.5) is 10.1 Å². The number of carbonyl (C=O) groups is 1. The summed E-state index contributed by atoms with van der Waals surface area (Å²) in [6.45, 7) is 1.93. The van der Waals surface area contributed by atoms with Crippen LogP contribution in [0.1, 0.15) is 39.8 Å². The highest BCUT2D eigenvalue weighted by molar-refractivity contribution is 6.03. The van der Waals surface area contributed by atoms with Crippen LogP contribution in [0.3, 0.4) is 0 Å². The van der Waals surface area contributed by atoms with Crippen molar-refractivity contribution < 1.29 is 9.18 Å². The Morgan fingerprint density at radius 1 is 0.710 bits per heavy atom. The van der Waals surface area contributed by atoms with Gasteiger partial charge in [-0.3, -0.25) is 9.69 Å². The number of nitrogens with zero attached hydrogens (tertiary/aromatic N) is 1. The molecule has 1 aliphatic heterocycles. The lowest BCUT2D eigenvalue weighted by molar-refractivity contribution is -0.120. The van der Waals surface area contributed by atoms with Crippen molar-refractivity contribution in [3.8, 4) is 0 Å². The summed E-state index contributed by atoms with van der Waals surface area (Å²) in [5.74, 6) is -0.943. The number of carbonyl (C=O) groups excluding carboxylic acids is 1. The van der Waals surface area contributed by atoms with Crippen molar-refractivity contribution in [2.24, 2.45) is 0 Å². The summed E-state index contributed by atoms with van der Waals surface area (Å²) in [4.78, 5) is 16.0. The Morgan fingerprint density at radius 3 is 2.03 bits per heavy atom. The summed E-state index contributed by atoms with van der Waals surface area (Å²) in [5, 5.41) is 0. The summed E-state index contributed by atoms with van der Waals surface area (Å²) >= 11 is 0. The highest BCUT2D eigenvalue weighted by atomic mass is 19.1.